The molecule has 1 aromatic rings. The zero-order valence-electron chi connectivity index (χ0n) is 11.4. The topological polar surface area (TPSA) is 49.4 Å². The van der Waals surface area contributed by atoms with Gasteiger partial charge in [-0.3, -0.25) is 9.59 Å². The second kappa shape index (κ2) is 5.85. The lowest BCUT2D eigenvalue weighted by Gasteiger charge is -2.24. The van der Waals surface area contributed by atoms with Crippen LogP contribution in [-0.2, 0) is 4.79 Å². The van der Waals surface area contributed by atoms with Crippen molar-refractivity contribution in [3.8, 4) is 0 Å². The summed E-state index contributed by atoms with van der Waals surface area (Å²) in [5, 5.41) is 3.78. The molecule has 1 aromatic carbocycles. The second-order valence-electron chi connectivity index (χ2n) is 5.56. The van der Waals surface area contributed by atoms with E-state index in [2.05, 4.69) is 5.32 Å². The summed E-state index contributed by atoms with van der Waals surface area (Å²) in [6.45, 7) is 0.584. The number of hydrogen-bond acceptors (Lipinski definition) is 2. The largest absolute Gasteiger partial charge is 0.352 e. The molecule has 1 aliphatic carbocycles. The third-order valence-electron chi connectivity index (χ3n) is 3.90. The fourth-order valence-corrected chi connectivity index (χ4v) is 3.11. The molecular formula is C15H16Cl2N2O2. The van der Waals surface area contributed by atoms with Crippen molar-refractivity contribution in [3.63, 3.8) is 0 Å². The van der Waals surface area contributed by atoms with Crippen LogP contribution in [0.1, 0.15) is 36.0 Å². The Kier molecular flexibility index (Phi) is 4.09. The van der Waals surface area contributed by atoms with Crippen LogP contribution in [0.2, 0.25) is 10.0 Å². The monoisotopic (exact) mass is 326 g/mol. The van der Waals surface area contributed by atoms with E-state index < -0.39 is 0 Å². The molecule has 0 bridgehead atoms. The van der Waals surface area contributed by atoms with Crippen molar-refractivity contribution in [1.29, 1.82) is 0 Å². The SMILES string of the molecule is O=C(NC1CC1)C1CCCN1C(=O)c1ccc(Cl)cc1Cl. The first-order valence-corrected chi connectivity index (χ1v) is 7.88. The predicted octanol–water partition coefficient (Wildman–Crippen LogP) is 2.88. The van der Waals surface area contributed by atoms with Crippen LogP contribution in [0.15, 0.2) is 18.2 Å². The van der Waals surface area contributed by atoms with Gasteiger partial charge in [0.1, 0.15) is 6.04 Å². The van der Waals surface area contributed by atoms with Gasteiger partial charge in [0.2, 0.25) is 5.91 Å². The van der Waals surface area contributed by atoms with Crippen molar-refractivity contribution >= 4 is 35.0 Å². The molecule has 1 saturated heterocycles. The first-order chi connectivity index (χ1) is 10.1. The van der Waals surface area contributed by atoms with Crippen molar-refractivity contribution in [2.75, 3.05) is 6.54 Å². The van der Waals surface area contributed by atoms with E-state index in [-0.39, 0.29) is 17.9 Å². The normalized spacial score (nSPS) is 21.4. The van der Waals surface area contributed by atoms with Gasteiger partial charge < -0.3 is 10.2 Å². The molecule has 1 heterocycles. The van der Waals surface area contributed by atoms with Crippen molar-refractivity contribution in [3.05, 3.63) is 33.8 Å². The summed E-state index contributed by atoms with van der Waals surface area (Å²) in [4.78, 5) is 26.5. The van der Waals surface area contributed by atoms with Gasteiger partial charge in [0.05, 0.1) is 10.6 Å². The summed E-state index contributed by atoms with van der Waals surface area (Å²) < 4.78 is 0. The number of carbonyl (C=O) groups excluding carboxylic acids is 2. The number of likely N-dealkylation sites (tertiary alicyclic amines) is 1. The third kappa shape index (κ3) is 3.16. The molecule has 0 radical (unpaired) electrons. The van der Waals surface area contributed by atoms with E-state index in [1.807, 2.05) is 0 Å². The fraction of sp³-hybridized carbons (Fsp3) is 0.467. The van der Waals surface area contributed by atoms with Gasteiger partial charge in [-0.15, -0.1) is 0 Å². The van der Waals surface area contributed by atoms with Crippen LogP contribution < -0.4 is 5.32 Å². The lowest BCUT2D eigenvalue weighted by Crippen LogP contribution is -2.46. The van der Waals surface area contributed by atoms with Crippen molar-refractivity contribution in [1.82, 2.24) is 10.2 Å². The molecule has 2 aliphatic rings. The van der Waals surface area contributed by atoms with E-state index in [4.69, 9.17) is 23.2 Å². The van der Waals surface area contributed by atoms with Crippen LogP contribution in [0.4, 0.5) is 0 Å². The van der Waals surface area contributed by atoms with E-state index in [0.29, 0.717) is 34.6 Å². The Balaban J connectivity index is 1.77. The highest BCUT2D eigenvalue weighted by molar-refractivity contribution is 6.36. The molecule has 1 unspecified atom stereocenters. The third-order valence-corrected chi connectivity index (χ3v) is 4.45. The Morgan fingerprint density at radius 2 is 1.95 bits per heavy atom. The highest BCUT2D eigenvalue weighted by Gasteiger charge is 2.37. The van der Waals surface area contributed by atoms with Crippen molar-refractivity contribution in [2.45, 2.75) is 37.8 Å². The molecule has 6 heteroatoms. The quantitative estimate of drug-likeness (QED) is 0.928. The van der Waals surface area contributed by atoms with E-state index >= 15 is 0 Å². The van der Waals surface area contributed by atoms with Gasteiger partial charge >= 0.3 is 0 Å². The lowest BCUT2D eigenvalue weighted by atomic mass is 10.1. The summed E-state index contributed by atoms with van der Waals surface area (Å²) >= 11 is 11.9. The van der Waals surface area contributed by atoms with Crippen LogP contribution in [0.5, 0.6) is 0 Å². The molecule has 1 atom stereocenters. The number of carbonyl (C=O) groups is 2. The number of nitrogens with one attached hydrogen (secondary N) is 1. The molecule has 21 heavy (non-hydrogen) atoms. The molecule has 3 rings (SSSR count). The number of nitrogens with zero attached hydrogens (tertiary/aromatic N) is 1. The average Bonchev–Trinajstić information content (AvgIpc) is 3.11. The summed E-state index contributed by atoms with van der Waals surface area (Å²) in [7, 11) is 0. The Morgan fingerprint density at radius 1 is 1.19 bits per heavy atom. The second-order valence-corrected chi connectivity index (χ2v) is 6.41. The molecule has 4 nitrogen and oxygen atoms in total. The zero-order valence-corrected chi connectivity index (χ0v) is 13.0. The molecule has 2 amide bonds. The minimum atomic E-state index is -0.384. The molecular weight excluding hydrogens is 311 g/mol. The fourth-order valence-electron chi connectivity index (χ4n) is 2.63. The van der Waals surface area contributed by atoms with Gasteiger partial charge in [0.15, 0.2) is 0 Å². The van der Waals surface area contributed by atoms with Crippen LogP contribution >= 0.6 is 23.2 Å². The van der Waals surface area contributed by atoms with Crippen LogP contribution in [0.3, 0.4) is 0 Å². The van der Waals surface area contributed by atoms with Crippen LogP contribution in [-0.4, -0.2) is 35.3 Å². The maximum atomic E-state index is 12.6. The van der Waals surface area contributed by atoms with E-state index in [1.165, 1.54) is 0 Å². The Morgan fingerprint density at radius 3 is 2.62 bits per heavy atom. The molecule has 1 saturated carbocycles. The first-order valence-electron chi connectivity index (χ1n) is 7.12. The minimum absolute atomic E-state index is 0.0477. The standard InChI is InChI=1S/C15H16Cl2N2O2/c16-9-3-6-11(12(17)8-9)15(21)19-7-1-2-13(19)14(20)18-10-4-5-10/h3,6,8,10,13H,1-2,4-5,7H2,(H,18,20). The summed E-state index contributed by atoms with van der Waals surface area (Å²) in [6, 6.07) is 4.71. The van der Waals surface area contributed by atoms with E-state index in [0.717, 1.165) is 19.3 Å². The Hall–Kier alpha value is -1.26. The smallest absolute Gasteiger partial charge is 0.256 e. The number of amides is 2. The van der Waals surface area contributed by atoms with Gasteiger partial charge in [-0.1, -0.05) is 23.2 Å². The van der Waals surface area contributed by atoms with Gasteiger partial charge in [0, 0.05) is 17.6 Å². The van der Waals surface area contributed by atoms with E-state index in [1.54, 1.807) is 23.1 Å². The first kappa shape index (κ1) is 14.7. The van der Waals surface area contributed by atoms with Crippen LogP contribution in [0, 0.1) is 0 Å². The van der Waals surface area contributed by atoms with Gasteiger partial charge in [-0.05, 0) is 43.9 Å². The molecule has 2 fully saturated rings. The predicted molar refractivity (Wildman–Crippen MR) is 81.7 cm³/mol. The summed E-state index contributed by atoms with van der Waals surface area (Å²) in [5.74, 6) is -0.251. The van der Waals surface area contributed by atoms with Gasteiger partial charge in [-0.2, -0.15) is 0 Å². The van der Waals surface area contributed by atoms with Crippen LogP contribution in [0.25, 0.3) is 0 Å². The molecule has 1 aliphatic heterocycles. The maximum absolute atomic E-state index is 12.6. The number of rotatable bonds is 3. The highest BCUT2D eigenvalue weighted by atomic mass is 35.5. The number of hydrogen-bond donors (Lipinski definition) is 1. The average molecular weight is 327 g/mol. The molecule has 1 N–H and O–H groups in total. The van der Waals surface area contributed by atoms with Crippen molar-refractivity contribution in [2.24, 2.45) is 0 Å². The number of halogens is 2. The summed E-state index contributed by atoms with van der Waals surface area (Å²) in [6.07, 6.45) is 3.61. The lowest BCUT2D eigenvalue weighted by molar-refractivity contribution is -0.125. The minimum Gasteiger partial charge on any atom is -0.352 e. The Labute approximate surface area is 133 Å². The van der Waals surface area contributed by atoms with Gasteiger partial charge in [-0.25, -0.2) is 0 Å². The molecule has 0 aromatic heterocycles. The number of benzene rings is 1. The van der Waals surface area contributed by atoms with Gasteiger partial charge in [0.25, 0.3) is 5.91 Å². The van der Waals surface area contributed by atoms with Crippen molar-refractivity contribution < 1.29 is 9.59 Å². The zero-order chi connectivity index (χ0) is 15.0. The molecule has 112 valence electrons. The Bertz CT molecular complexity index is 587. The maximum Gasteiger partial charge on any atom is 0.256 e. The highest BCUT2D eigenvalue weighted by Crippen LogP contribution is 2.27. The van der Waals surface area contributed by atoms with E-state index in [9.17, 15) is 9.59 Å². The summed E-state index contributed by atoms with van der Waals surface area (Å²) in [5.41, 5.74) is 0.396. The molecule has 0 spiro atoms.